The van der Waals surface area contributed by atoms with Gasteiger partial charge in [-0.2, -0.15) is 0 Å². The molecule has 0 saturated carbocycles. The van der Waals surface area contributed by atoms with Crippen LogP contribution >= 0.6 is 0 Å². The summed E-state index contributed by atoms with van der Waals surface area (Å²) < 4.78 is 10.6. The standard InChI is InChI=1S/C8H17NO2/c1-7(3-4-10-2)11-8-5-9-6-8/h7-9H,3-6H2,1-2H3. The molecule has 1 atom stereocenters. The maximum atomic E-state index is 5.65. The summed E-state index contributed by atoms with van der Waals surface area (Å²) in [4.78, 5) is 0. The second-order valence-corrected chi connectivity index (χ2v) is 3.01. The van der Waals surface area contributed by atoms with Crippen molar-refractivity contribution in [3.05, 3.63) is 0 Å². The minimum Gasteiger partial charge on any atom is -0.385 e. The van der Waals surface area contributed by atoms with Crippen LogP contribution in [0.25, 0.3) is 0 Å². The van der Waals surface area contributed by atoms with Crippen molar-refractivity contribution in [3.8, 4) is 0 Å². The quantitative estimate of drug-likeness (QED) is 0.630. The van der Waals surface area contributed by atoms with E-state index in [0.717, 1.165) is 26.1 Å². The average Bonchev–Trinajstić information content (AvgIpc) is 1.93. The first-order valence-corrected chi connectivity index (χ1v) is 4.18. The predicted molar refractivity (Wildman–Crippen MR) is 43.7 cm³/mol. The Bertz CT molecular complexity index is 104. The Morgan fingerprint density at radius 3 is 2.73 bits per heavy atom. The number of hydrogen-bond acceptors (Lipinski definition) is 3. The predicted octanol–water partition coefficient (Wildman–Crippen LogP) is 0.400. The summed E-state index contributed by atoms with van der Waals surface area (Å²) in [5.74, 6) is 0. The van der Waals surface area contributed by atoms with E-state index in [9.17, 15) is 0 Å². The van der Waals surface area contributed by atoms with Gasteiger partial charge in [0.1, 0.15) is 0 Å². The molecule has 1 N–H and O–H groups in total. The van der Waals surface area contributed by atoms with Crippen LogP contribution in [0.2, 0.25) is 0 Å². The molecule has 0 amide bonds. The van der Waals surface area contributed by atoms with E-state index in [0.29, 0.717) is 12.2 Å². The maximum absolute atomic E-state index is 5.65. The Morgan fingerprint density at radius 1 is 1.55 bits per heavy atom. The topological polar surface area (TPSA) is 30.5 Å². The van der Waals surface area contributed by atoms with Gasteiger partial charge < -0.3 is 14.8 Å². The normalized spacial score (nSPS) is 21.3. The van der Waals surface area contributed by atoms with E-state index in [-0.39, 0.29) is 0 Å². The molecule has 0 aliphatic carbocycles. The Balaban J connectivity index is 1.95. The molecule has 1 saturated heterocycles. The van der Waals surface area contributed by atoms with Gasteiger partial charge in [-0.15, -0.1) is 0 Å². The lowest BCUT2D eigenvalue weighted by Gasteiger charge is -2.30. The van der Waals surface area contributed by atoms with Crippen molar-refractivity contribution in [1.82, 2.24) is 5.32 Å². The van der Waals surface area contributed by atoms with Crippen LogP contribution < -0.4 is 5.32 Å². The number of rotatable bonds is 5. The summed E-state index contributed by atoms with van der Waals surface area (Å²) >= 11 is 0. The van der Waals surface area contributed by atoms with Gasteiger partial charge in [-0.3, -0.25) is 0 Å². The maximum Gasteiger partial charge on any atom is 0.0827 e. The molecule has 0 aromatic heterocycles. The number of hydrogen-bond donors (Lipinski definition) is 1. The van der Waals surface area contributed by atoms with E-state index in [1.54, 1.807) is 7.11 Å². The van der Waals surface area contributed by atoms with Gasteiger partial charge in [-0.05, 0) is 13.3 Å². The molecule has 1 aliphatic heterocycles. The first-order valence-electron chi connectivity index (χ1n) is 4.18. The molecule has 0 spiro atoms. The molecule has 11 heavy (non-hydrogen) atoms. The van der Waals surface area contributed by atoms with Crippen molar-refractivity contribution < 1.29 is 9.47 Å². The van der Waals surface area contributed by atoms with Crippen LogP contribution in [-0.2, 0) is 9.47 Å². The van der Waals surface area contributed by atoms with Crippen LogP contribution in [0, 0.1) is 0 Å². The molecule has 3 heteroatoms. The third-order valence-corrected chi connectivity index (χ3v) is 1.90. The van der Waals surface area contributed by atoms with Crippen molar-refractivity contribution in [2.45, 2.75) is 25.6 Å². The zero-order valence-corrected chi connectivity index (χ0v) is 7.30. The molecule has 1 heterocycles. The van der Waals surface area contributed by atoms with Gasteiger partial charge in [-0.1, -0.05) is 0 Å². The molecule has 66 valence electrons. The van der Waals surface area contributed by atoms with Crippen molar-refractivity contribution in [2.24, 2.45) is 0 Å². The van der Waals surface area contributed by atoms with Crippen LogP contribution in [0.1, 0.15) is 13.3 Å². The molecule has 3 nitrogen and oxygen atoms in total. The Hall–Kier alpha value is -0.120. The van der Waals surface area contributed by atoms with Crippen LogP contribution in [-0.4, -0.2) is 39.0 Å². The average molecular weight is 159 g/mol. The number of ether oxygens (including phenoxy) is 2. The fourth-order valence-corrected chi connectivity index (χ4v) is 1.04. The Kier molecular flexibility index (Phi) is 3.83. The summed E-state index contributed by atoms with van der Waals surface area (Å²) in [6.45, 7) is 4.91. The SMILES string of the molecule is COCCC(C)OC1CNC1. The third kappa shape index (κ3) is 3.18. The van der Waals surface area contributed by atoms with Crippen LogP contribution in [0.4, 0.5) is 0 Å². The van der Waals surface area contributed by atoms with Gasteiger partial charge >= 0.3 is 0 Å². The fourth-order valence-electron chi connectivity index (χ4n) is 1.04. The zero-order chi connectivity index (χ0) is 8.10. The molecule has 1 rings (SSSR count). The smallest absolute Gasteiger partial charge is 0.0827 e. The largest absolute Gasteiger partial charge is 0.385 e. The highest BCUT2D eigenvalue weighted by Gasteiger charge is 2.19. The van der Waals surface area contributed by atoms with E-state index >= 15 is 0 Å². The van der Waals surface area contributed by atoms with E-state index in [1.807, 2.05) is 0 Å². The summed E-state index contributed by atoms with van der Waals surface area (Å²) in [7, 11) is 1.72. The van der Waals surface area contributed by atoms with Gasteiger partial charge in [0.15, 0.2) is 0 Å². The van der Waals surface area contributed by atoms with Gasteiger partial charge in [0.25, 0.3) is 0 Å². The lowest BCUT2D eigenvalue weighted by molar-refractivity contribution is -0.0395. The van der Waals surface area contributed by atoms with Crippen molar-refractivity contribution in [2.75, 3.05) is 26.8 Å². The molecule has 0 aromatic carbocycles. The highest BCUT2D eigenvalue weighted by atomic mass is 16.5. The molecular weight excluding hydrogens is 142 g/mol. The molecular formula is C8H17NO2. The molecule has 1 unspecified atom stereocenters. The Labute approximate surface area is 68.1 Å². The van der Waals surface area contributed by atoms with Crippen molar-refractivity contribution >= 4 is 0 Å². The molecule has 0 bridgehead atoms. The number of methoxy groups -OCH3 is 1. The fraction of sp³-hybridized carbons (Fsp3) is 1.00. The van der Waals surface area contributed by atoms with Gasteiger partial charge in [-0.25, -0.2) is 0 Å². The highest BCUT2D eigenvalue weighted by Crippen LogP contribution is 2.05. The second kappa shape index (κ2) is 4.70. The van der Waals surface area contributed by atoms with Crippen LogP contribution in [0.15, 0.2) is 0 Å². The lowest BCUT2D eigenvalue weighted by Crippen LogP contribution is -2.49. The Morgan fingerprint density at radius 2 is 2.27 bits per heavy atom. The lowest BCUT2D eigenvalue weighted by atomic mass is 10.2. The van der Waals surface area contributed by atoms with E-state index in [1.165, 1.54) is 0 Å². The van der Waals surface area contributed by atoms with Gasteiger partial charge in [0.05, 0.1) is 12.2 Å². The summed E-state index contributed by atoms with van der Waals surface area (Å²) in [5.41, 5.74) is 0. The van der Waals surface area contributed by atoms with Crippen LogP contribution in [0.3, 0.4) is 0 Å². The first kappa shape index (κ1) is 8.97. The van der Waals surface area contributed by atoms with E-state index in [2.05, 4.69) is 12.2 Å². The van der Waals surface area contributed by atoms with Crippen molar-refractivity contribution in [1.29, 1.82) is 0 Å². The first-order chi connectivity index (χ1) is 5.33. The summed E-state index contributed by atoms with van der Waals surface area (Å²) in [6, 6.07) is 0. The minimum absolute atomic E-state index is 0.335. The zero-order valence-electron chi connectivity index (χ0n) is 7.30. The molecule has 0 aromatic rings. The third-order valence-electron chi connectivity index (χ3n) is 1.90. The van der Waals surface area contributed by atoms with Gasteiger partial charge in [0, 0.05) is 26.8 Å². The van der Waals surface area contributed by atoms with E-state index < -0.39 is 0 Å². The second-order valence-electron chi connectivity index (χ2n) is 3.01. The van der Waals surface area contributed by atoms with Crippen molar-refractivity contribution in [3.63, 3.8) is 0 Å². The number of nitrogens with one attached hydrogen (secondary N) is 1. The summed E-state index contributed by atoms with van der Waals surface area (Å²) in [5, 5.41) is 3.17. The van der Waals surface area contributed by atoms with Gasteiger partial charge in [0.2, 0.25) is 0 Å². The monoisotopic (exact) mass is 159 g/mol. The summed E-state index contributed by atoms with van der Waals surface area (Å²) in [6.07, 6.45) is 1.77. The molecule has 1 fully saturated rings. The highest BCUT2D eigenvalue weighted by molar-refractivity contribution is 4.75. The van der Waals surface area contributed by atoms with E-state index in [4.69, 9.17) is 9.47 Å². The van der Waals surface area contributed by atoms with Crippen LogP contribution in [0.5, 0.6) is 0 Å². The minimum atomic E-state index is 0.335. The molecule has 0 radical (unpaired) electrons. The molecule has 1 aliphatic rings.